The summed E-state index contributed by atoms with van der Waals surface area (Å²) >= 11 is 18.3. The molecular weight excluding hydrogens is 551 g/mol. The van der Waals surface area contributed by atoms with Crippen molar-refractivity contribution in [3.05, 3.63) is 62.5 Å². The van der Waals surface area contributed by atoms with Crippen molar-refractivity contribution in [3.8, 4) is 16.9 Å². The minimum absolute atomic E-state index is 0.181. The predicted octanol–water partition coefficient (Wildman–Crippen LogP) is 8.97. The minimum atomic E-state index is 0.181. The Kier molecular flexibility index (Phi) is 7.04. The molecule has 1 saturated carbocycles. The van der Waals surface area contributed by atoms with E-state index in [-0.39, 0.29) is 5.41 Å². The van der Waals surface area contributed by atoms with Gasteiger partial charge in [0.05, 0.1) is 22.3 Å². The van der Waals surface area contributed by atoms with Gasteiger partial charge in [0.1, 0.15) is 5.04 Å². The lowest BCUT2D eigenvalue weighted by Gasteiger charge is -2.32. The molecule has 8 heteroatoms. The Labute approximate surface area is 223 Å². The van der Waals surface area contributed by atoms with Gasteiger partial charge in [-0.2, -0.15) is 5.10 Å². The smallest absolute Gasteiger partial charge is 0.175 e. The Morgan fingerprint density at radius 2 is 1.79 bits per heavy atom. The average Bonchev–Trinajstić information content (AvgIpc) is 3.46. The molecule has 0 radical (unpaired) electrons. The van der Waals surface area contributed by atoms with Crippen LogP contribution in [0, 0.1) is 5.41 Å². The summed E-state index contributed by atoms with van der Waals surface area (Å²) in [6, 6.07) is 13.9. The summed E-state index contributed by atoms with van der Waals surface area (Å²) in [5.74, 6) is 1.68. The van der Waals surface area contributed by atoms with Crippen molar-refractivity contribution in [2.45, 2.75) is 52.4 Å². The number of thioether (sulfide) groups is 1. The SMILES string of the molecule is CCc1c(N2CSC(C3(C)CCCCC3)=N2)nn(-c2ccc(Cl)cc2Cl)c1-c1ccc(Br)cc1. The number of aromatic nitrogens is 2. The lowest BCUT2D eigenvalue weighted by atomic mass is 9.76. The maximum absolute atomic E-state index is 6.66. The molecule has 1 fully saturated rings. The standard InChI is InChI=1S/C26H27BrCl2N4S/c1-3-20-23(17-7-9-18(27)10-8-17)33(22-12-11-19(28)15-21(22)29)30-24(20)32-16-34-25(31-32)26(2)13-5-4-6-14-26/h7-12,15H,3-6,13-14,16H2,1-2H3. The highest BCUT2D eigenvalue weighted by atomic mass is 79.9. The van der Waals surface area contributed by atoms with E-state index in [1.807, 2.05) is 28.6 Å². The molecule has 0 unspecified atom stereocenters. The van der Waals surface area contributed by atoms with E-state index in [9.17, 15) is 0 Å². The third-order valence-corrected chi connectivity index (χ3v) is 9.11. The summed E-state index contributed by atoms with van der Waals surface area (Å²) in [6.45, 7) is 4.55. The monoisotopic (exact) mass is 576 g/mol. The van der Waals surface area contributed by atoms with Crippen molar-refractivity contribution in [2.24, 2.45) is 10.5 Å². The Hall–Kier alpha value is -1.47. The number of benzene rings is 2. The summed E-state index contributed by atoms with van der Waals surface area (Å²) in [5.41, 5.74) is 4.26. The first-order valence-electron chi connectivity index (χ1n) is 11.7. The molecule has 34 heavy (non-hydrogen) atoms. The summed E-state index contributed by atoms with van der Waals surface area (Å²) in [5, 5.41) is 14.7. The zero-order valence-electron chi connectivity index (χ0n) is 19.3. The van der Waals surface area contributed by atoms with Crippen molar-refractivity contribution in [1.82, 2.24) is 9.78 Å². The fourth-order valence-electron chi connectivity index (χ4n) is 4.94. The van der Waals surface area contributed by atoms with Gasteiger partial charge in [0.15, 0.2) is 5.82 Å². The van der Waals surface area contributed by atoms with Gasteiger partial charge in [0, 0.05) is 26.0 Å². The van der Waals surface area contributed by atoms with Crippen molar-refractivity contribution < 1.29 is 0 Å². The maximum Gasteiger partial charge on any atom is 0.175 e. The van der Waals surface area contributed by atoms with Crippen LogP contribution in [-0.4, -0.2) is 20.7 Å². The molecule has 2 heterocycles. The summed E-state index contributed by atoms with van der Waals surface area (Å²) < 4.78 is 2.99. The lowest BCUT2D eigenvalue weighted by Crippen LogP contribution is -2.27. The first kappa shape index (κ1) is 24.2. The fourth-order valence-corrected chi connectivity index (χ4v) is 6.83. The highest BCUT2D eigenvalue weighted by molar-refractivity contribution is 9.10. The van der Waals surface area contributed by atoms with Crippen molar-refractivity contribution in [1.29, 1.82) is 0 Å². The quantitative estimate of drug-likeness (QED) is 0.303. The molecule has 0 amide bonds. The van der Waals surface area contributed by atoms with Crippen LogP contribution < -0.4 is 5.01 Å². The van der Waals surface area contributed by atoms with Gasteiger partial charge < -0.3 is 0 Å². The van der Waals surface area contributed by atoms with E-state index in [4.69, 9.17) is 33.4 Å². The molecule has 1 aliphatic carbocycles. The van der Waals surface area contributed by atoms with Gasteiger partial charge in [-0.3, -0.25) is 0 Å². The minimum Gasteiger partial charge on any atom is -0.235 e. The number of hydrogen-bond acceptors (Lipinski definition) is 4. The molecule has 1 aliphatic heterocycles. The van der Waals surface area contributed by atoms with Crippen LogP contribution in [0.25, 0.3) is 16.9 Å². The van der Waals surface area contributed by atoms with Gasteiger partial charge in [-0.15, -0.1) is 5.10 Å². The van der Waals surface area contributed by atoms with Crippen LogP contribution in [0.4, 0.5) is 5.82 Å². The van der Waals surface area contributed by atoms with Crippen LogP contribution in [0.5, 0.6) is 0 Å². The van der Waals surface area contributed by atoms with Gasteiger partial charge in [-0.25, -0.2) is 9.69 Å². The molecule has 5 rings (SSSR count). The highest BCUT2D eigenvalue weighted by Gasteiger charge is 2.37. The normalized spacial score (nSPS) is 17.8. The molecule has 2 aliphatic rings. The number of halogens is 3. The largest absolute Gasteiger partial charge is 0.235 e. The van der Waals surface area contributed by atoms with Crippen molar-refractivity contribution in [2.75, 3.05) is 10.9 Å². The zero-order chi connectivity index (χ0) is 23.9. The van der Waals surface area contributed by atoms with E-state index >= 15 is 0 Å². The van der Waals surface area contributed by atoms with Gasteiger partial charge in [0.2, 0.25) is 0 Å². The highest BCUT2D eigenvalue weighted by Crippen LogP contribution is 2.45. The van der Waals surface area contributed by atoms with Crippen LogP contribution in [0.3, 0.4) is 0 Å². The first-order chi connectivity index (χ1) is 16.4. The lowest BCUT2D eigenvalue weighted by molar-refractivity contribution is 0.316. The van der Waals surface area contributed by atoms with E-state index in [0.717, 1.165) is 45.1 Å². The Bertz CT molecular complexity index is 1230. The third-order valence-electron chi connectivity index (χ3n) is 6.82. The molecule has 0 N–H and O–H groups in total. The average molecular weight is 578 g/mol. The maximum atomic E-state index is 6.66. The molecule has 3 aromatic rings. The number of nitrogens with zero attached hydrogens (tertiary/aromatic N) is 4. The third kappa shape index (κ3) is 4.55. The van der Waals surface area contributed by atoms with E-state index in [1.165, 1.54) is 37.1 Å². The Morgan fingerprint density at radius 1 is 1.06 bits per heavy atom. The number of hydrazone groups is 1. The van der Waals surface area contributed by atoms with E-state index < -0.39 is 0 Å². The molecule has 0 bridgehead atoms. The van der Waals surface area contributed by atoms with Crippen LogP contribution in [0.1, 0.15) is 51.5 Å². The predicted molar refractivity (Wildman–Crippen MR) is 150 cm³/mol. The molecule has 0 saturated heterocycles. The number of anilines is 1. The summed E-state index contributed by atoms with van der Waals surface area (Å²) in [6.07, 6.45) is 7.16. The Balaban J connectivity index is 1.64. The molecule has 0 atom stereocenters. The number of hydrogen-bond donors (Lipinski definition) is 0. The molecule has 4 nitrogen and oxygen atoms in total. The van der Waals surface area contributed by atoms with Gasteiger partial charge in [-0.1, -0.05) is 96.1 Å². The van der Waals surface area contributed by atoms with Crippen LogP contribution >= 0.6 is 50.9 Å². The molecule has 1 aromatic heterocycles. The van der Waals surface area contributed by atoms with Crippen LogP contribution in [0.15, 0.2) is 52.0 Å². The van der Waals surface area contributed by atoms with Crippen molar-refractivity contribution in [3.63, 3.8) is 0 Å². The molecule has 2 aromatic carbocycles. The second kappa shape index (κ2) is 9.88. The van der Waals surface area contributed by atoms with Gasteiger partial charge >= 0.3 is 0 Å². The van der Waals surface area contributed by atoms with Gasteiger partial charge in [0.25, 0.3) is 0 Å². The second-order valence-electron chi connectivity index (χ2n) is 9.22. The van der Waals surface area contributed by atoms with Crippen LogP contribution in [0.2, 0.25) is 10.0 Å². The topological polar surface area (TPSA) is 33.4 Å². The molecular formula is C26H27BrCl2N4S. The van der Waals surface area contributed by atoms with Crippen LogP contribution in [-0.2, 0) is 6.42 Å². The summed E-state index contributed by atoms with van der Waals surface area (Å²) in [4.78, 5) is 0. The first-order valence-corrected chi connectivity index (χ1v) is 14.3. The van der Waals surface area contributed by atoms with Crippen molar-refractivity contribution >= 4 is 61.8 Å². The summed E-state index contributed by atoms with van der Waals surface area (Å²) in [7, 11) is 0. The van der Waals surface area contributed by atoms with E-state index in [1.54, 1.807) is 6.07 Å². The van der Waals surface area contributed by atoms with E-state index in [2.05, 4.69) is 59.1 Å². The fraction of sp³-hybridized carbons (Fsp3) is 0.385. The van der Waals surface area contributed by atoms with Gasteiger partial charge in [-0.05, 0) is 49.6 Å². The Morgan fingerprint density at radius 3 is 2.47 bits per heavy atom. The van der Waals surface area contributed by atoms with E-state index in [0.29, 0.717) is 10.0 Å². The molecule has 0 spiro atoms. The second-order valence-corrected chi connectivity index (χ2v) is 11.9. The molecule has 178 valence electrons. The zero-order valence-corrected chi connectivity index (χ0v) is 23.2. The number of rotatable bonds is 5.